The van der Waals surface area contributed by atoms with Crippen LogP contribution >= 0.6 is 0 Å². The van der Waals surface area contributed by atoms with Gasteiger partial charge in [-0.3, -0.25) is 5.01 Å². The molecule has 2 aliphatic rings. The summed E-state index contributed by atoms with van der Waals surface area (Å²) >= 11 is 0. The van der Waals surface area contributed by atoms with Gasteiger partial charge < -0.3 is 0 Å². The van der Waals surface area contributed by atoms with Crippen molar-refractivity contribution in [2.45, 2.75) is 20.3 Å². The van der Waals surface area contributed by atoms with Gasteiger partial charge in [-0.2, -0.15) is 5.10 Å². The molecule has 1 heterocycles. The van der Waals surface area contributed by atoms with Crippen LogP contribution in [0.25, 0.3) is 0 Å². The third-order valence-electron chi connectivity index (χ3n) is 2.59. The summed E-state index contributed by atoms with van der Waals surface area (Å²) in [6.07, 6.45) is 5.64. The van der Waals surface area contributed by atoms with Gasteiger partial charge in [0.15, 0.2) is 0 Å². The number of hydrogen-bond donors (Lipinski definition) is 0. The molecule has 1 aliphatic heterocycles. The van der Waals surface area contributed by atoms with E-state index in [-0.39, 0.29) is 0 Å². The molecular formula is C10H14N2. The zero-order chi connectivity index (χ0) is 8.72. The molecule has 2 rings (SSSR count). The minimum absolute atomic E-state index is 0.554. The first kappa shape index (κ1) is 7.59. The van der Waals surface area contributed by atoms with Crippen LogP contribution in [0.5, 0.6) is 0 Å². The van der Waals surface area contributed by atoms with Gasteiger partial charge in [-0.05, 0) is 26.3 Å². The maximum absolute atomic E-state index is 4.42. The van der Waals surface area contributed by atoms with Gasteiger partial charge in [-0.1, -0.05) is 11.6 Å². The SMILES string of the molecule is CC1=CCC2C(=C1)N(C)N=C2C. The Labute approximate surface area is 73.3 Å². The van der Waals surface area contributed by atoms with Gasteiger partial charge in [-0.15, -0.1) is 0 Å². The molecule has 1 atom stereocenters. The van der Waals surface area contributed by atoms with Crippen LogP contribution in [-0.4, -0.2) is 17.8 Å². The lowest BCUT2D eigenvalue weighted by Gasteiger charge is -2.19. The average Bonchev–Trinajstić information content (AvgIpc) is 2.28. The summed E-state index contributed by atoms with van der Waals surface area (Å²) in [5.41, 5.74) is 3.96. The summed E-state index contributed by atoms with van der Waals surface area (Å²) in [4.78, 5) is 0. The van der Waals surface area contributed by atoms with Crippen LogP contribution in [-0.2, 0) is 0 Å². The number of rotatable bonds is 0. The second-order valence-electron chi connectivity index (χ2n) is 3.57. The highest BCUT2D eigenvalue weighted by molar-refractivity contribution is 5.89. The van der Waals surface area contributed by atoms with Gasteiger partial charge >= 0.3 is 0 Å². The van der Waals surface area contributed by atoms with E-state index in [4.69, 9.17) is 0 Å². The molecule has 0 radical (unpaired) electrons. The zero-order valence-electron chi connectivity index (χ0n) is 7.83. The second kappa shape index (κ2) is 2.47. The quantitative estimate of drug-likeness (QED) is 0.533. The van der Waals surface area contributed by atoms with E-state index < -0.39 is 0 Å². The first-order valence-corrected chi connectivity index (χ1v) is 4.35. The largest absolute Gasteiger partial charge is 0.272 e. The van der Waals surface area contributed by atoms with Crippen LogP contribution in [0.4, 0.5) is 0 Å². The predicted octanol–water partition coefficient (Wildman–Crippen LogP) is 2.16. The smallest absolute Gasteiger partial charge is 0.0458 e. The molecule has 0 aromatic rings. The number of fused-ring (bicyclic) bond motifs is 1. The van der Waals surface area contributed by atoms with Crippen molar-refractivity contribution in [1.29, 1.82) is 0 Å². The molecule has 2 heteroatoms. The summed E-state index contributed by atoms with van der Waals surface area (Å²) in [6.45, 7) is 4.25. The molecular weight excluding hydrogens is 148 g/mol. The van der Waals surface area contributed by atoms with E-state index >= 15 is 0 Å². The van der Waals surface area contributed by atoms with Gasteiger partial charge in [0.1, 0.15) is 0 Å². The fraction of sp³-hybridized carbons (Fsp3) is 0.500. The van der Waals surface area contributed by atoms with E-state index in [1.807, 2.05) is 12.1 Å². The molecule has 0 amide bonds. The lowest BCUT2D eigenvalue weighted by Crippen LogP contribution is -2.15. The van der Waals surface area contributed by atoms with E-state index in [0.29, 0.717) is 5.92 Å². The molecule has 0 N–H and O–H groups in total. The Kier molecular flexibility index (Phi) is 1.56. The lowest BCUT2D eigenvalue weighted by atomic mass is 9.91. The van der Waals surface area contributed by atoms with E-state index in [2.05, 4.69) is 31.1 Å². The van der Waals surface area contributed by atoms with E-state index in [9.17, 15) is 0 Å². The standard InChI is InChI=1S/C10H14N2/c1-7-4-5-9-8(2)11-12(3)10(9)6-7/h4,6,9H,5H2,1-3H3. The Bertz CT molecular complexity index is 297. The van der Waals surface area contributed by atoms with Crippen molar-refractivity contribution in [1.82, 2.24) is 5.01 Å². The minimum atomic E-state index is 0.554. The molecule has 0 aromatic heterocycles. The summed E-state index contributed by atoms with van der Waals surface area (Å²) < 4.78 is 0. The Morgan fingerprint density at radius 2 is 2.25 bits per heavy atom. The van der Waals surface area contributed by atoms with Crippen LogP contribution in [0.2, 0.25) is 0 Å². The molecule has 0 saturated carbocycles. The average molecular weight is 162 g/mol. The Balaban J connectivity index is 2.35. The molecule has 0 fully saturated rings. The molecule has 1 unspecified atom stereocenters. The summed E-state index contributed by atoms with van der Waals surface area (Å²) in [7, 11) is 2.02. The van der Waals surface area contributed by atoms with Crippen molar-refractivity contribution in [3.05, 3.63) is 23.4 Å². The summed E-state index contributed by atoms with van der Waals surface area (Å²) in [5, 5.41) is 6.41. The first-order chi connectivity index (χ1) is 5.68. The first-order valence-electron chi connectivity index (χ1n) is 4.35. The van der Waals surface area contributed by atoms with E-state index in [1.165, 1.54) is 17.0 Å². The third-order valence-corrected chi connectivity index (χ3v) is 2.59. The van der Waals surface area contributed by atoms with Gasteiger partial charge in [0.25, 0.3) is 0 Å². The fourth-order valence-corrected chi connectivity index (χ4v) is 1.88. The van der Waals surface area contributed by atoms with Crippen LogP contribution in [0.15, 0.2) is 28.5 Å². The molecule has 2 nitrogen and oxygen atoms in total. The molecule has 1 aliphatic carbocycles. The van der Waals surface area contributed by atoms with Crippen LogP contribution < -0.4 is 0 Å². The van der Waals surface area contributed by atoms with Crippen LogP contribution in [0.1, 0.15) is 20.3 Å². The van der Waals surface area contributed by atoms with Crippen molar-refractivity contribution >= 4 is 5.71 Å². The molecule has 0 aromatic carbocycles. The monoisotopic (exact) mass is 162 g/mol. The van der Waals surface area contributed by atoms with Crippen molar-refractivity contribution in [2.24, 2.45) is 11.0 Å². The van der Waals surface area contributed by atoms with Crippen molar-refractivity contribution in [3.8, 4) is 0 Å². The Morgan fingerprint density at radius 3 is 3.00 bits per heavy atom. The highest BCUT2D eigenvalue weighted by Crippen LogP contribution is 2.31. The lowest BCUT2D eigenvalue weighted by molar-refractivity contribution is 0.440. The summed E-state index contributed by atoms with van der Waals surface area (Å²) in [6, 6.07) is 0. The molecule has 0 spiro atoms. The molecule has 64 valence electrons. The normalized spacial score (nSPS) is 27.8. The van der Waals surface area contributed by atoms with Crippen molar-refractivity contribution in [3.63, 3.8) is 0 Å². The van der Waals surface area contributed by atoms with E-state index in [1.54, 1.807) is 0 Å². The second-order valence-corrected chi connectivity index (χ2v) is 3.57. The number of hydrazone groups is 1. The van der Waals surface area contributed by atoms with Crippen LogP contribution in [0, 0.1) is 5.92 Å². The minimum Gasteiger partial charge on any atom is -0.272 e. The van der Waals surface area contributed by atoms with Crippen molar-refractivity contribution in [2.75, 3.05) is 7.05 Å². The third kappa shape index (κ3) is 0.986. The van der Waals surface area contributed by atoms with Crippen molar-refractivity contribution < 1.29 is 0 Å². The van der Waals surface area contributed by atoms with Gasteiger partial charge in [0.05, 0.1) is 0 Å². The molecule has 0 bridgehead atoms. The fourth-order valence-electron chi connectivity index (χ4n) is 1.88. The summed E-state index contributed by atoms with van der Waals surface area (Å²) in [5.74, 6) is 0.554. The van der Waals surface area contributed by atoms with Crippen LogP contribution in [0.3, 0.4) is 0 Å². The predicted molar refractivity (Wildman–Crippen MR) is 50.8 cm³/mol. The molecule has 12 heavy (non-hydrogen) atoms. The number of allylic oxidation sites excluding steroid dienone is 4. The zero-order valence-corrected chi connectivity index (χ0v) is 7.83. The maximum Gasteiger partial charge on any atom is 0.0458 e. The van der Waals surface area contributed by atoms with Gasteiger partial charge in [-0.25, -0.2) is 0 Å². The van der Waals surface area contributed by atoms with Gasteiger partial charge in [0.2, 0.25) is 0 Å². The molecule has 0 saturated heterocycles. The van der Waals surface area contributed by atoms with E-state index in [0.717, 1.165) is 6.42 Å². The topological polar surface area (TPSA) is 15.6 Å². The highest BCUT2D eigenvalue weighted by atomic mass is 15.5. The number of nitrogens with zero attached hydrogens (tertiary/aromatic N) is 2. The Morgan fingerprint density at radius 1 is 1.50 bits per heavy atom. The van der Waals surface area contributed by atoms with Gasteiger partial charge in [0, 0.05) is 24.4 Å². The Hall–Kier alpha value is -1.05. The highest BCUT2D eigenvalue weighted by Gasteiger charge is 2.27. The maximum atomic E-state index is 4.42. The number of hydrogen-bond acceptors (Lipinski definition) is 2.